The van der Waals surface area contributed by atoms with E-state index in [2.05, 4.69) is 75.2 Å². The SMILES string of the molecule is CN1CCN(c2cc(Br)ccc2CCN)c2ccccc21. The molecular formula is C17H20BrN3. The van der Waals surface area contributed by atoms with Crippen LogP contribution in [0.1, 0.15) is 5.56 Å². The van der Waals surface area contributed by atoms with Gasteiger partial charge in [0.1, 0.15) is 0 Å². The first-order valence-corrected chi connectivity index (χ1v) is 8.06. The number of nitrogens with zero attached hydrogens (tertiary/aromatic N) is 2. The van der Waals surface area contributed by atoms with Crippen molar-refractivity contribution in [3.63, 3.8) is 0 Å². The van der Waals surface area contributed by atoms with E-state index in [0.29, 0.717) is 6.54 Å². The van der Waals surface area contributed by atoms with Gasteiger partial charge in [0.25, 0.3) is 0 Å². The van der Waals surface area contributed by atoms with E-state index in [9.17, 15) is 0 Å². The van der Waals surface area contributed by atoms with Crippen LogP contribution in [0.25, 0.3) is 0 Å². The Balaban J connectivity index is 2.09. The molecule has 1 aliphatic rings. The summed E-state index contributed by atoms with van der Waals surface area (Å²) in [6.45, 7) is 2.68. The van der Waals surface area contributed by atoms with Crippen LogP contribution in [0.4, 0.5) is 17.1 Å². The van der Waals surface area contributed by atoms with Crippen LogP contribution in [0, 0.1) is 0 Å². The van der Waals surface area contributed by atoms with E-state index in [-0.39, 0.29) is 0 Å². The lowest BCUT2D eigenvalue weighted by atomic mass is 10.1. The summed E-state index contributed by atoms with van der Waals surface area (Å²) in [5.74, 6) is 0. The normalized spacial score (nSPS) is 14.2. The van der Waals surface area contributed by atoms with Crippen molar-refractivity contribution in [3.8, 4) is 0 Å². The summed E-state index contributed by atoms with van der Waals surface area (Å²) in [6, 6.07) is 15.0. The molecule has 0 amide bonds. The van der Waals surface area contributed by atoms with E-state index in [1.807, 2.05) is 0 Å². The third-order valence-corrected chi connectivity index (χ3v) is 4.49. The number of para-hydroxylation sites is 2. The van der Waals surface area contributed by atoms with Gasteiger partial charge in [-0.2, -0.15) is 0 Å². The van der Waals surface area contributed by atoms with Gasteiger partial charge in [-0.25, -0.2) is 0 Å². The van der Waals surface area contributed by atoms with Crippen molar-refractivity contribution in [3.05, 3.63) is 52.5 Å². The van der Waals surface area contributed by atoms with Crippen LogP contribution in [0.2, 0.25) is 0 Å². The van der Waals surface area contributed by atoms with Gasteiger partial charge in [-0.15, -0.1) is 0 Å². The standard InChI is InChI=1S/C17H20BrN3/c1-20-10-11-21(16-5-3-2-4-15(16)20)17-12-14(18)7-6-13(17)8-9-19/h2-7,12H,8-11,19H2,1H3. The van der Waals surface area contributed by atoms with E-state index >= 15 is 0 Å². The number of benzene rings is 2. The molecule has 0 saturated carbocycles. The molecule has 2 aromatic rings. The first-order chi connectivity index (χ1) is 10.2. The fourth-order valence-corrected chi connectivity index (χ4v) is 3.26. The van der Waals surface area contributed by atoms with Crippen LogP contribution in [-0.2, 0) is 6.42 Å². The van der Waals surface area contributed by atoms with E-state index in [1.165, 1.54) is 22.6 Å². The molecule has 0 saturated heterocycles. The van der Waals surface area contributed by atoms with Gasteiger partial charge in [-0.3, -0.25) is 0 Å². The fourth-order valence-electron chi connectivity index (χ4n) is 2.91. The largest absolute Gasteiger partial charge is 0.371 e. The first kappa shape index (κ1) is 14.4. The Bertz CT molecular complexity index is 642. The molecule has 21 heavy (non-hydrogen) atoms. The Morgan fingerprint density at radius 1 is 1.05 bits per heavy atom. The van der Waals surface area contributed by atoms with E-state index in [0.717, 1.165) is 24.0 Å². The second-order valence-electron chi connectivity index (χ2n) is 5.37. The van der Waals surface area contributed by atoms with Gasteiger partial charge < -0.3 is 15.5 Å². The summed E-state index contributed by atoms with van der Waals surface area (Å²) >= 11 is 3.60. The Hall–Kier alpha value is -1.52. The van der Waals surface area contributed by atoms with Crippen molar-refractivity contribution in [2.75, 3.05) is 36.5 Å². The Morgan fingerprint density at radius 3 is 2.57 bits per heavy atom. The second-order valence-corrected chi connectivity index (χ2v) is 6.29. The zero-order chi connectivity index (χ0) is 14.8. The Morgan fingerprint density at radius 2 is 1.81 bits per heavy atom. The van der Waals surface area contributed by atoms with Gasteiger partial charge >= 0.3 is 0 Å². The maximum Gasteiger partial charge on any atom is 0.0649 e. The highest BCUT2D eigenvalue weighted by Crippen LogP contribution is 2.39. The van der Waals surface area contributed by atoms with Crippen molar-refractivity contribution in [1.29, 1.82) is 0 Å². The van der Waals surface area contributed by atoms with Crippen LogP contribution in [0.3, 0.4) is 0 Å². The molecule has 0 fully saturated rings. The monoisotopic (exact) mass is 345 g/mol. The number of fused-ring (bicyclic) bond motifs is 1. The van der Waals surface area contributed by atoms with Crippen molar-refractivity contribution in [2.24, 2.45) is 5.73 Å². The molecule has 1 heterocycles. The number of rotatable bonds is 3. The molecule has 0 radical (unpaired) electrons. The summed E-state index contributed by atoms with van der Waals surface area (Å²) in [6.07, 6.45) is 0.900. The summed E-state index contributed by atoms with van der Waals surface area (Å²) in [5, 5.41) is 0. The Labute approximate surface area is 134 Å². The van der Waals surface area contributed by atoms with Crippen LogP contribution in [0.15, 0.2) is 46.9 Å². The quantitative estimate of drug-likeness (QED) is 0.923. The van der Waals surface area contributed by atoms with Gasteiger partial charge in [0.15, 0.2) is 0 Å². The van der Waals surface area contributed by atoms with E-state index in [1.54, 1.807) is 0 Å². The first-order valence-electron chi connectivity index (χ1n) is 7.27. The lowest BCUT2D eigenvalue weighted by Crippen LogP contribution is -2.36. The number of hydrogen-bond acceptors (Lipinski definition) is 3. The molecule has 0 aromatic heterocycles. The van der Waals surface area contributed by atoms with Crippen LogP contribution >= 0.6 is 15.9 Å². The summed E-state index contributed by atoms with van der Waals surface area (Å²) in [4.78, 5) is 4.72. The van der Waals surface area contributed by atoms with Crippen LogP contribution in [0.5, 0.6) is 0 Å². The van der Waals surface area contributed by atoms with Crippen molar-refractivity contribution < 1.29 is 0 Å². The highest BCUT2D eigenvalue weighted by atomic mass is 79.9. The van der Waals surface area contributed by atoms with Gasteiger partial charge in [-0.05, 0) is 42.8 Å². The minimum Gasteiger partial charge on any atom is -0.371 e. The summed E-state index contributed by atoms with van der Waals surface area (Å²) in [7, 11) is 2.15. The van der Waals surface area contributed by atoms with E-state index in [4.69, 9.17) is 5.73 Å². The van der Waals surface area contributed by atoms with Crippen molar-refractivity contribution in [1.82, 2.24) is 0 Å². The molecule has 0 bridgehead atoms. The predicted molar refractivity (Wildman–Crippen MR) is 93.6 cm³/mol. The van der Waals surface area contributed by atoms with Gasteiger partial charge in [0.05, 0.1) is 11.4 Å². The molecule has 110 valence electrons. The highest BCUT2D eigenvalue weighted by Gasteiger charge is 2.22. The average molecular weight is 346 g/mol. The number of halogens is 1. The zero-order valence-corrected chi connectivity index (χ0v) is 13.8. The fraction of sp³-hybridized carbons (Fsp3) is 0.294. The third kappa shape index (κ3) is 2.78. The highest BCUT2D eigenvalue weighted by molar-refractivity contribution is 9.10. The van der Waals surface area contributed by atoms with Gasteiger partial charge in [-0.1, -0.05) is 34.1 Å². The lowest BCUT2D eigenvalue weighted by molar-refractivity contribution is 0.815. The Kier molecular flexibility index (Phi) is 4.17. The molecule has 0 atom stereocenters. The summed E-state index contributed by atoms with van der Waals surface area (Å²) < 4.78 is 1.11. The molecule has 1 aliphatic heterocycles. The van der Waals surface area contributed by atoms with Crippen molar-refractivity contribution in [2.45, 2.75) is 6.42 Å². The molecule has 3 rings (SSSR count). The topological polar surface area (TPSA) is 32.5 Å². The maximum absolute atomic E-state index is 5.78. The van der Waals surface area contributed by atoms with Crippen LogP contribution in [-0.4, -0.2) is 26.7 Å². The molecule has 0 unspecified atom stereocenters. The molecule has 4 heteroatoms. The third-order valence-electron chi connectivity index (χ3n) is 3.99. The summed E-state index contributed by atoms with van der Waals surface area (Å²) in [5.41, 5.74) is 10.9. The average Bonchev–Trinajstić information content (AvgIpc) is 2.50. The van der Waals surface area contributed by atoms with Crippen LogP contribution < -0.4 is 15.5 Å². The number of hydrogen-bond donors (Lipinski definition) is 1. The van der Waals surface area contributed by atoms with Gasteiger partial charge in [0.2, 0.25) is 0 Å². The van der Waals surface area contributed by atoms with Crippen molar-refractivity contribution >= 4 is 33.0 Å². The minimum absolute atomic E-state index is 0.671. The van der Waals surface area contributed by atoms with E-state index < -0.39 is 0 Å². The zero-order valence-electron chi connectivity index (χ0n) is 12.2. The molecule has 0 aliphatic carbocycles. The second kappa shape index (κ2) is 6.08. The maximum atomic E-state index is 5.78. The molecule has 0 spiro atoms. The van der Waals surface area contributed by atoms with Gasteiger partial charge in [0, 0.05) is 30.3 Å². The molecule has 2 N–H and O–H groups in total. The predicted octanol–water partition coefficient (Wildman–Crippen LogP) is 3.54. The molecular weight excluding hydrogens is 326 g/mol. The number of nitrogens with two attached hydrogens (primary N) is 1. The lowest BCUT2D eigenvalue weighted by Gasteiger charge is -2.38. The molecule has 2 aromatic carbocycles. The smallest absolute Gasteiger partial charge is 0.0649 e. The number of likely N-dealkylation sites (N-methyl/N-ethyl adjacent to an activating group) is 1. The molecule has 3 nitrogen and oxygen atoms in total. The minimum atomic E-state index is 0.671. The number of anilines is 3.